The molecule has 4 aliphatic rings. The van der Waals surface area contributed by atoms with E-state index in [1.54, 1.807) is 19.1 Å². The number of phenolic OH excluding ortho intramolecular Hbond substituents is 1. The minimum atomic E-state index is -1.79. The first kappa shape index (κ1) is 21.5. The van der Waals surface area contributed by atoms with Crippen molar-refractivity contribution in [1.29, 1.82) is 0 Å². The third kappa shape index (κ3) is 2.38. The molecule has 2 aliphatic heterocycles. The van der Waals surface area contributed by atoms with Crippen LogP contribution >= 0.6 is 23.2 Å². The molecule has 2 aliphatic carbocycles. The number of halogens is 2. The SMILES string of the molecule is CCN1C(=O)C2CC=C3C(CC4(Cl)C(=O)N(C)C(=O)C4(Cl)C3c3ccc(O)cc3)C2C1=O. The van der Waals surface area contributed by atoms with Crippen molar-refractivity contribution in [3.8, 4) is 5.75 Å². The number of likely N-dealkylation sites (tertiary alicyclic amines) is 2. The number of imide groups is 2. The molecule has 32 heavy (non-hydrogen) atoms. The summed E-state index contributed by atoms with van der Waals surface area (Å²) in [6.07, 6.45) is 2.24. The molecule has 1 saturated carbocycles. The van der Waals surface area contributed by atoms with Crippen molar-refractivity contribution < 1.29 is 24.3 Å². The van der Waals surface area contributed by atoms with Crippen molar-refractivity contribution in [3.63, 3.8) is 0 Å². The highest BCUT2D eigenvalue weighted by molar-refractivity contribution is 6.53. The third-order valence-corrected chi connectivity index (χ3v) is 9.06. The zero-order valence-electron chi connectivity index (χ0n) is 17.5. The Kier molecular flexibility index (Phi) is 4.57. The summed E-state index contributed by atoms with van der Waals surface area (Å²) in [6, 6.07) is 6.25. The number of allylic oxidation sites excluding steroid dienone is 2. The summed E-state index contributed by atoms with van der Waals surface area (Å²) in [5.41, 5.74) is 1.36. The van der Waals surface area contributed by atoms with Crippen LogP contribution in [0.1, 0.15) is 31.2 Å². The Morgan fingerprint density at radius 3 is 2.31 bits per heavy atom. The van der Waals surface area contributed by atoms with Gasteiger partial charge in [0.1, 0.15) is 5.75 Å². The van der Waals surface area contributed by atoms with E-state index in [4.69, 9.17) is 23.2 Å². The maximum absolute atomic E-state index is 13.3. The highest BCUT2D eigenvalue weighted by atomic mass is 35.5. The van der Waals surface area contributed by atoms with Gasteiger partial charge in [0.25, 0.3) is 11.8 Å². The molecular formula is C23H22Cl2N2O5. The number of phenols is 1. The van der Waals surface area contributed by atoms with Gasteiger partial charge in [0.15, 0.2) is 9.75 Å². The van der Waals surface area contributed by atoms with Gasteiger partial charge in [0.05, 0.1) is 11.8 Å². The Morgan fingerprint density at radius 1 is 1.03 bits per heavy atom. The molecule has 0 bridgehead atoms. The van der Waals surface area contributed by atoms with Crippen LogP contribution in [0.3, 0.4) is 0 Å². The number of hydrogen-bond donors (Lipinski definition) is 1. The molecular weight excluding hydrogens is 455 g/mol. The summed E-state index contributed by atoms with van der Waals surface area (Å²) in [5.74, 6) is -4.09. The fourth-order valence-electron chi connectivity index (χ4n) is 6.16. The van der Waals surface area contributed by atoms with Gasteiger partial charge in [-0.3, -0.25) is 29.0 Å². The number of nitrogens with zero attached hydrogens (tertiary/aromatic N) is 2. The highest BCUT2D eigenvalue weighted by Gasteiger charge is 2.75. The van der Waals surface area contributed by atoms with Crippen LogP contribution in [0.15, 0.2) is 35.9 Å². The largest absolute Gasteiger partial charge is 0.508 e. The lowest BCUT2D eigenvalue weighted by Crippen LogP contribution is -2.60. The van der Waals surface area contributed by atoms with Gasteiger partial charge in [-0.05, 0) is 43.4 Å². The Labute approximate surface area is 194 Å². The van der Waals surface area contributed by atoms with E-state index in [1.807, 2.05) is 6.08 Å². The lowest BCUT2D eigenvalue weighted by molar-refractivity contribution is -0.141. The normalized spacial score (nSPS) is 38.6. The smallest absolute Gasteiger partial charge is 0.253 e. The number of benzene rings is 1. The van der Waals surface area contributed by atoms with Gasteiger partial charge in [0, 0.05) is 19.5 Å². The van der Waals surface area contributed by atoms with Crippen LogP contribution in [0.2, 0.25) is 0 Å². The Bertz CT molecular complexity index is 1100. The van der Waals surface area contributed by atoms with Crippen molar-refractivity contribution in [2.75, 3.05) is 13.6 Å². The van der Waals surface area contributed by atoms with E-state index in [2.05, 4.69) is 0 Å². The van der Waals surface area contributed by atoms with Crippen LogP contribution in [-0.4, -0.2) is 61.9 Å². The molecule has 1 aromatic carbocycles. The number of rotatable bonds is 2. The van der Waals surface area contributed by atoms with E-state index in [0.717, 1.165) is 10.5 Å². The highest BCUT2D eigenvalue weighted by Crippen LogP contribution is 2.65. The molecule has 5 rings (SSSR count). The summed E-state index contributed by atoms with van der Waals surface area (Å²) in [4.78, 5) is 51.3. The Balaban J connectivity index is 1.73. The van der Waals surface area contributed by atoms with Crippen molar-refractivity contribution in [2.24, 2.45) is 17.8 Å². The maximum atomic E-state index is 13.3. The molecule has 7 nitrogen and oxygen atoms in total. The van der Waals surface area contributed by atoms with E-state index in [1.165, 1.54) is 24.1 Å². The second-order valence-electron chi connectivity index (χ2n) is 9.01. The first-order chi connectivity index (χ1) is 15.1. The van der Waals surface area contributed by atoms with Crippen molar-refractivity contribution in [2.45, 2.75) is 35.4 Å². The first-order valence-corrected chi connectivity index (χ1v) is 11.4. The standard InChI is InChI=1S/C23H22Cl2N2O5/c1-3-27-18(29)14-9-8-13-15(16(14)19(27)30)10-22(24)20(31)26(2)21(32)23(22,25)17(13)11-4-6-12(28)7-5-11/h4-8,14-17,28H,3,9-10H2,1-2H3. The van der Waals surface area contributed by atoms with Gasteiger partial charge in [-0.2, -0.15) is 0 Å². The minimum Gasteiger partial charge on any atom is -0.508 e. The topological polar surface area (TPSA) is 95.0 Å². The van der Waals surface area contributed by atoms with Crippen LogP contribution in [-0.2, 0) is 19.2 Å². The fraction of sp³-hybridized carbons (Fsp3) is 0.478. The molecule has 2 saturated heterocycles. The van der Waals surface area contributed by atoms with Crippen LogP contribution in [0, 0.1) is 17.8 Å². The monoisotopic (exact) mass is 476 g/mol. The summed E-state index contributed by atoms with van der Waals surface area (Å²) < 4.78 is 0. The van der Waals surface area contributed by atoms with Crippen LogP contribution < -0.4 is 0 Å². The third-order valence-electron chi connectivity index (χ3n) is 7.65. The molecule has 3 fully saturated rings. The van der Waals surface area contributed by atoms with Crippen LogP contribution in [0.5, 0.6) is 5.75 Å². The molecule has 6 unspecified atom stereocenters. The number of hydrogen-bond acceptors (Lipinski definition) is 5. The van der Waals surface area contributed by atoms with Crippen LogP contribution in [0.25, 0.3) is 0 Å². The molecule has 0 aromatic heterocycles. The molecule has 1 aromatic rings. The predicted molar refractivity (Wildman–Crippen MR) is 116 cm³/mol. The van der Waals surface area contributed by atoms with Gasteiger partial charge in [-0.15, -0.1) is 23.2 Å². The average molecular weight is 477 g/mol. The maximum Gasteiger partial charge on any atom is 0.253 e. The van der Waals surface area contributed by atoms with E-state index in [0.29, 0.717) is 12.0 Å². The number of amides is 4. The molecule has 0 spiro atoms. The van der Waals surface area contributed by atoms with Gasteiger partial charge in [0.2, 0.25) is 11.8 Å². The van der Waals surface area contributed by atoms with E-state index >= 15 is 0 Å². The first-order valence-electron chi connectivity index (χ1n) is 10.6. The van der Waals surface area contributed by atoms with Gasteiger partial charge in [-0.1, -0.05) is 23.8 Å². The summed E-state index contributed by atoms with van der Waals surface area (Å²) in [7, 11) is 1.36. The van der Waals surface area contributed by atoms with Gasteiger partial charge < -0.3 is 5.11 Å². The molecule has 4 amide bonds. The van der Waals surface area contributed by atoms with E-state index < -0.39 is 45.2 Å². The van der Waals surface area contributed by atoms with Crippen LogP contribution in [0.4, 0.5) is 0 Å². The average Bonchev–Trinajstić information content (AvgIpc) is 3.09. The lowest BCUT2D eigenvalue weighted by Gasteiger charge is -2.50. The number of carbonyl (C=O) groups excluding carboxylic acids is 4. The van der Waals surface area contributed by atoms with E-state index in [-0.39, 0.29) is 30.5 Å². The second kappa shape index (κ2) is 6.81. The fourth-order valence-corrected chi connectivity index (χ4v) is 7.18. The Morgan fingerprint density at radius 2 is 1.69 bits per heavy atom. The predicted octanol–water partition coefficient (Wildman–Crippen LogP) is 2.40. The molecule has 2 heterocycles. The second-order valence-corrected chi connectivity index (χ2v) is 10.3. The number of aromatic hydroxyl groups is 1. The zero-order valence-corrected chi connectivity index (χ0v) is 19.1. The Hall–Kier alpha value is -2.38. The van der Waals surface area contributed by atoms with Crippen molar-refractivity contribution in [1.82, 2.24) is 9.80 Å². The van der Waals surface area contributed by atoms with E-state index in [9.17, 15) is 24.3 Å². The number of fused-ring (bicyclic) bond motifs is 4. The van der Waals surface area contributed by atoms with Crippen molar-refractivity contribution >= 4 is 46.8 Å². The summed E-state index contributed by atoms with van der Waals surface area (Å²) >= 11 is 14.0. The molecule has 9 heteroatoms. The molecule has 168 valence electrons. The molecule has 0 radical (unpaired) electrons. The summed E-state index contributed by atoms with van der Waals surface area (Å²) in [6.45, 7) is 2.03. The molecule has 1 N–H and O–H groups in total. The number of alkyl halides is 2. The lowest BCUT2D eigenvalue weighted by atomic mass is 9.56. The number of carbonyl (C=O) groups is 4. The van der Waals surface area contributed by atoms with Crippen molar-refractivity contribution in [3.05, 3.63) is 41.5 Å². The van der Waals surface area contributed by atoms with Gasteiger partial charge >= 0.3 is 0 Å². The summed E-state index contributed by atoms with van der Waals surface area (Å²) in [5, 5.41) is 9.78. The minimum absolute atomic E-state index is 0.00880. The van der Waals surface area contributed by atoms with Gasteiger partial charge in [-0.25, -0.2) is 0 Å². The zero-order chi connectivity index (χ0) is 23.2. The quantitative estimate of drug-likeness (QED) is 0.401. The molecule has 6 atom stereocenters.